The summed E-state index contributed by atoms with van der Waals surface area (Å²) in [6.07, 6.45) is 3.31. The van der Waals surface area contributed by atoms with Crippen molar-refractivity contribution in [2.75, 3.05) is 0 Å². The summed E-state index contributed by atoms with van der Waals surface area (Å²) < 4.78 is 26.0. The zero-order valence-electron chi connectivity index (χ0n) is 10.8. The van der Waals surface area contributed by atoms with E-state index in [1.54, 1.807) is 12.3 Å². The van der Waals surface area contributed by atoms with E-state index >= 15 is 0 Å². The lowest BCUT2D eigenvalue weighted by molar-refractivity contribution is 0.437. The number of nitrogens with zero attached hydrogens (tertiary/aromatic N) is 2. The number of hydrogen-bond donors (Lipinski definition) is 0. The van der Waals surface area contributed by atoms with E-state index in [2.05, 4.69) is 4.98 Å². The monoisotopic (exact) mass is 286 g/mol. The Bertz CT molecular complexity index is 714. The van der Waals surface area contributed by atoms with Crippen LogP contribution in [0.4, 0.5) is 0 Å². The van der Waals surface area contributed by atoms with Gasteiger partial charge in [0, 0.05) is 18.1 Å². The molecular weight excluding hydrogens is 272 g/mol. The van der Waals surface area contributed by atoms with E-state index in [0.717, 1.165) is 16.8 Å². The van der Waals surface area contributed by atoms with Crippen molar-refractivity contribution in [3.05, 3.63) is 70.9 Å². The Morgan fingerprint density at radius 1 is 1.05 bits per heavy atom. The average molecular weight is 286 g/mol. The van der Waals surface area contributed by atoms with Crippen LogP contribution in [0.25, 0.3) is 6.08 Å². The van der Waals surface area contributed by atoms with Gasteiger partial charge >= 0.3 is 0 Å². The Morgan fingerprint density at radius 3 is 2.60 bits per heavy atom. The smallest absolute Gasteiger partial charge is 0.236 e. The zero-order valence-corrected chi connectivity index (χ0v) is 11.6. The van der Waals surface area contributed by atoms with Gasteiger partial charge in [0.2, 0.25) is 10.0 Å². The van der Waals surface area contributed by atoms with Gasteiger partial charge in [-0.05, 0) is 23.3 Å². The molecule has 2 heterocycles. The van der Waals surface area contributed by atoms with Crippen LogP contribution in [-0.2, 0) is 23.1 Å². The quantitative estimate of drug-likeness (QED) is 0.870. The lowest BCUT2D eigenvalue weighted by Crippen LogP contribution is -2.23. The maximum absolute atomic E-state index is 12.3. The van der Waals surface area contributed by atoms with Crippen molar-refractivity contribution < 1.29 is 8.42 Å². The molecule has 0 atom stereocenters. The van der Waals surface area contributed by atoms with Gasteiger partial charge in [0.1, 0.15) is 0 Å². The Morgan fingerprint density at radius 2 is 1.85 bits per heavy atom. The van der Waals surface area contributed by atoms with E-state index in [9.17, 15) is 8.42 Å². The molecule has 0 bridgehead atoms. The lowest BCUT2D eigenvalue weighted by Gasteiger charge is -2.11. The molecule has 0 saturated heterocycles. The first-order valence-corrected chi connectivity index (χ1v) is 7.81. The summed E-state index contributed by atoms with van der Waals surface area (Å²) in [5.74, 6) is 0. The average Bonchev–Trinajstić information content (AvgIpc) is 2.91. The maximum atomic E-state index is 12.3. The largest absolute Gasteiger partial charge is 0.260 e. The topological polar surface area (TPSA) is 50.3 Å². The third-order valence-corrected chi connectivity index (χ3v) is 4.71. The second-order valence-corrected chi connectivity index (χ2v) is 6.45. The Balaban J connectivity index is 1.79. The first-order chi connectivity index (χ1) is 9.65. The molecule has 0 fully saturated rings. The summed E-state index contributed by atoms with van der Waals surface area (Å²) in [6, 6.07) is 13.1. The van der Waals surface area contributed by atoms with E-state index < -0.39 is 10.0 Å². The molecular formula is C15H14N2O2S. The fourth-order valence-corrected chi connectivity index (χ4v) is 3.29. The Kier molecular flexibility index (Phi) is 3.38. The third kappa shape index (κ3) is 2.64. The van der Waals surface area contributed by atoms with Crippen LogP contribution in [-0.4, -0.2) is 17.7 Å². The van der Waals surface area contributed by atoms with Crippen LogP contribution in [0.3, 0.4) is 0 Å². The van der Waals surface area contributed by atoms with Crippen LogP contribution in [0, 0.1) is 0 Å². The molecule has 0 N–H and O–H groups in total. The third-order valence-electron chi connectivity index (χ3n) is 3.25. The summed E-state index contributed by atoms with van der Waals surface area (Å²) in [6.45, 7) is 0.738. The fourth-order valence-electron chi connectivity index (χ4n) is 2.17. The molecule has 2 aromatic rings. The highest BCUT2D eigenvalue weighted by molar-refractivity contribution is 7.92. The highest BCUT2D eigenvalue weighted by atomic mass is 32.2. The molecule has 102 valence electrons. The van der Waals surface area contributed by atoms with Gasteiger partial charge in [0.05, 0.1) is 12.2 Å². The number of hydrogen-bond acceptors (Lipinski definition) is 3. The second-order valence-electron chi connectivity index (χ2n) is 4.64. The van der Waals surface area contributed by atoms with Crippen molar-refractivity contribution >= 4 is 16.1 Å². The highest BCUT2D eigenvalue weighted by Gasteiger charge is 2.27. The highest BCUT2D eigenvalue weighted by Crippen LogP contribution is 2.24. The number of rotatable bonds is 3. The Hall–Kier alpha value is -1.98. The normalized spacial score (nSPS) is 15.6. The molecule has 3 rings (SSSR count). The van der Waals surface area contributed by atoms with Crippen LogP contribution in [0.1, 0.15) is 16.8 Å². The van der Waals surface area contributed by atoms with E-state index in [1.165, 1.54) is 9.71 Å². The predicted octanol–water partition coefficient (Wildman–Crippen LogP) is 2.40. The molecule has 0 radical (unpaired) electrons. The molecule has 0 amide bonds. The van der Waals surface area contributed by atoms with E-state index in [-0.39, 0.29) is 0 Å². The van der Waals surface area contributed by atoms with Crippen molar-refractivity contribution in [1.29, 1.82) is 0 Å². The summed E-state index contributed by atoms with van der Waals surface area (Å²) in [5.41, 5.74) is 2.68. The summed E-state index contributed by atoms with van der Waals surface area (Å²) in [4.78, 5) is 4.21. The molecule has 5 heteroatoms. The predicted molar refractivity (Wildman–Crippen MR) is 77.9 cm³/mol. The van der Waals surface area contributed by atoms with Crippen molar-refractivity contribution in [2.24, 2.45) is 0 Å². The lowest BCUT2D eigenvalue weighted by atomic mass is 10.2. The van der Waals surface area contributed by atoms with Gasteiger partial charge in [-0.3, -0.25) is 4.98 Å². The number of sulfonamides is 1. The van der Waals surface area contributed by atoms with E-state index in [0.29, 0.717) is 13.1 Å². The minimum atomic E-state index is -3.41. The van der Waals surface area contributed by atoms with Crippen molar-refractivity contribution in [1.82, 2.24) is 9.29 Å². The van der Waals surface area contributed by atoms with E-state index in [4.69, 9.17) is 0 Å². The minimum absolute atomic E-state index is 0.345. The van der Waals surface area contributed by atoms with Gasteiger partial charge < -0.3 is 0 Å². The number of aromatic nitrogens is 1. The van der Waals surface area contributed by atoms with Gasteiger partial charge in [-0.2, -0.15) is 4.31 Å². The summed E-state index contributed by atoms with van der Waals surface area (Å²) in [7, 11) is -3.41. The molecule has 4 nitrogen and oxygen atoms in total. The number of fused-ring (bicyclic) bond motifs is 1. The van der Waals surface area contributed by atoms with Crippen LogP contribution in [0.15, 0.2) is 54.1 Å². The molecule has 20 heavy (non-hydrogen) atoms. The Labute approximate surface area is 118 Å². The first-order valence-electron chi connectivity index (χ1n) is 6.31. The molecule has 1 aromatic heterocycles. The summed E-state index contributed by atoms with van der Waals surface area (Å²) >= 11 is 0. The molecule has 0 saturated carbocycles. The fraction of sp³-hybridized carbons (Fsp3) is 0.133. The SMILES string of the molecule is O=S(=O)(C=Cc1ccccc1)N1Cc2cccnc2C1. The van der Waals surface area contributed by atoms with Crippen LogP contribution in [0.2, 0.25) is 0 Å². The van der Waals surface area contributed by atoms with Crippen molar-refractivity contribution in [3.8, 4) is 0 Å². The number of benzene rings is 1. The van der Waals surface area contributed by atoms with Crippen molar-refractivity contribution in [2.45, 2.75) is 13.1 Å². The van der Waals surface area contributed by atoms with Gasteiger partial charge in [-0.15, -0.1) is 0 Å². The van der Waals surface area contributed by atoms with Gasteiger partial charge in [-0.1, -0.05) is 36.4 Å². The minimum Gasteiger partial charge on any atom is -0.260 e. The first kappa shape index (κ1) is 13.0. The van der Waals surface area contributed by atoms with Gasteiger partial charge in [-0.25, -0.2) is 8.42 Å². The molecule has 1 aliphatic heterocycles. The number of pyridine rings is 1. The standard InChI is InChI=1S/C15H14N2O2S/c18-20(19,10-8-13-5-2-1-3-6-13)17-11-14-7-4-9-16-15(14)12-17/h1-10H,11-12H2. The molecule has 0 unspecified atom stereocenters. The molecule has 1 aliphatic rings. The van der Waals surface area contributed by atoms with Gasteiger partial charge in [0.15, 0.2) is 0 Å². The van der Waals surface area contributed by atoms with Gasteiger partial charge in [0.25, 0.3) is 0 Å². The van der Waals surface area contributed by atoms with Crippen LogP contribution < -0.4 is 0 Å². The van der Waals surface area contributed by atoms with E-state index in [1.807, 2.05) is 42.5 Å². The zero-order chi connectivity index (χ0) is 14.0. The molecule has 0 spiro atoms. The molecule has 1 aromatic carbocycles. The summed E-state index contributed by atoms with van der Waals surface area (Å²) in [5, 5.41) is 1.26. The molecule has 0 aliphatic carbocycles. The van der Waals surface area contributed by atoms with Crippen molar-refractivity contribution in [3.63, 3.8) is 0 Å². The van der Waals surface area contributed by atoms with Crippen LogP contribution >= 0.6 is 0 Å². The van der Waals surface area contributed by atoms with Crippen LogP contribution in [0.5, 0.6) is 0 Å². The second kappa shape index (κ2) is 5.19. The maximum Gasteiger partial charge on any atom is 0.236 e.